The van der Waals surface area contributed by atoms with Crippen LogP contribution in [0.2, 0.25) is 0 Å². The molecule has 0 unspecified atom stereocenters. The van der Waals surface area contributed by atoms with Crippen molar-refractivity contribution in [3.8, 4) is 5.69 Å². The zero-order chi connectivity index (χ0) is 19.0. The summed E-state index contributed by atoms with van der Waals surface area (Å²) >= 11 is 0. The van der Waals surface area contributed by atoms with Gasteiger partial charge in [0, 0.05) is 17.3 Å². The second-order valence-electron chi connectivity index (χ2n) is 7.05. The van der Waals surface area contributed by atoms with Crippen LogP contribution in [0.5, 0.6) is 0 Å². The Morgan fingerprint density at radius 2 is 1.69 bits per heavy atom. The first-order valence-corrected chi connectivity index (χ1v) is 8.94. The Morgan fingerprint density at radius 3 is 2.31 bits per heavy atom. The molecule has 0 aliphatic heterocycles. The van der Waals surface area contributed by atoms with Crippen LogP contribution in [0.1, 0.15) is 45.9 Å². The number of aryl methyl sites for hydroxylation is 6. The maximum absolute atomic E-state index is 8.68. The van der Waals surface area contributed by atoms with Crippen molar-refractivity contribution in [3.63, 3.8) is 0 Å². The first-order valence-electron chi connectivity index (χ1n) is 8.94. The Hall–Kier alpha value is -2.69. The van der Waals surface area contributed by atoms with Crippen LogP contribution in [0, 0.1) is 41.5 Å². The van der Waals surface area contributed by atoms with Gasteiger partial charge in [-0.2, -0.15) is 0 Å². The molecule has 1 N–H and O–H groups in total. The van der Waals surface area contributed by atoms with Crippen molar-refractivity contribution in [1.29, 1.82) is 0 Å². The summed E-state index contributed by atoms with van der Waals surface area (Å²) in [5.41, 5.74) is 9.31. The standard InChI is InChI=1S/C21H26N4O/c1-12-10-13(2)20(14(3)11-12)25-16(5)15(4)19-18(8-7-9-22-26)23-17(6)24-21(19)25/h9-11,26H,7-8H2,1-6H3. The summed E-state index contributed by atoms with van der Waals surface area (Å²) in [5, 5.41) is 12.9. The van der Waals surface area contributed by atoms with Gasteiger partial charge in [0.05, 0.1) is 11.4 Å². The van der Waals surface area contributed by atoms with E-state index in [1.54, 1.807) is 0 Å². The lowest BCUT2D eigenvalue weighted by atomic mass is 10.0. The molecule has 0 radical (unpaired) electrons. The van der Waals surface area contributed by atoms with Crippen LogP contribution in [-0.2, 0) is 6.42 Å². The topological polar surface area (TPSA) is 63.3 Å². The SMILES string of the molecule is Cc1cc(C)c(-n2c(C)c(C)c3c(CCC=NO)nc(C)nc32)c(C)c1. The van der Waals surface area contributed by atoms with Gasteiger partial charge in [-0.1, -0.05) is 17.7 Å². The molecule has 5 heteroatoms. The van der Waals surface area contributed by atoms with Crippen molar-refractivity contribution in [3.05, 3.63) is 51.6 Å². The molecule has 26 heavy (non-hydrogen) atoms. The molecule has 1 aromatic carbocycles. The lowest BCUT2D eigenvalue weighted by molar-refractivity contribution is 0.320. The number of hydrogen-bond donors (Lipinski definition) is 1. The fourth-order valence-corrected chi connectivity index (χ4v) is 3.91. The van der Waals surface area contributed by atoms with Gasteiger partial charge in [0.1, 0.15) is 11.5 Å². The van der Waals surface area contributed by atoms with Gasteiger partial charge in [0.15, 0.2) is 0 Å². The smallest absolute Gasteiger partial charge is 0.148 e. The van der Waals surface area contributed by atoms with Gasteiger partial charge >= 0.3 is 0 Å². The molecule has 5 nitrogen and oxygen atoms in total. The van der Waals surface area contributed by atoms with E-state index in [0.29, 0.717) is 6.42 Å². The zero-order valence-corrected chi connectivity index (χ0v) is 16.4. The van der Waals surface area contributed by atoms with E-state index in [4.69, 9.17) is 10.2 Å². The first kappa shape index (κ1) is 18.1. The van der Waals surface area contributed by atoms with Crippen LogP contribution >= 0.6 is 0 Å². The molecule has 0 saturated carbocycles. The summed E-state index contributed by atoms with van der Waals surface area (Å²) in [7, 11) is 0. The summed E-state index contributed by atoms with van der Waals surface area (Å²) in [6.45, 7) is 12.6. The maximum atomic E-state index is 8.68. The molecular formula is C21H26N4O. The minimum absolute atomic E-state index is 0.647. The largest absolute Gasteiger partial charge is 0.411 e. The summed E-state index contributed by atoms with van der Waals surface area (Å²) in [6, 6.07) is 4.44. The number of hydrogen-bond acceptors (Lipinski definition) is 4. The van der Waals surface area contributed by atoms with Crippen LogP contribution in [0.25, 0.3) is 16.7 Å². The fraction of sp³-hybridized carbons (Fsp3) is 0.381. The van der Waals surface area contributed by atoms with Crippen molar-refractivity contribution >= 4 is 17.2 Å². The van der Waals surface area contributed by atoms with E-state index in [2.05, 4.69) is 61.5 Å². The van der Waals surface area contributed by atoms with Crippen LogP contribution in [-0.4, -0.2) is 26.0 Å². The fourth-order valence-electron chi connectivity index (χ4n) is 3.91. The quantitative estimate of drug-likeness (QED) is 0.423. The lowest BCUT2D eigenvalue weighted by Crippen LogP contribution is -2.05. The van der Waals surface area contributed by atoms with Crippen molar-refractivity contribution in [2.24, 2.45) is 5.16 Å². The summed E-state index contributed by atoms with van der Waals surface area (Å²) in [5.74, 6) is 0.759. The average Bonchev–Trinajstić information content (AvgIpc) is 2.79. The molecular weight excluding hydrogens is 324 g/mol. The molecule has 0 aliphatic rings. The number of nitrogens with zero attached hydrogens (tertiary/aromatic N) is 4. The Morgan fingerprint density at radius 1 is 1.04 bits per heavy atom. The van der Waals surface area contributed by atoms with Crippen molar-refractivity contribution in [2.45, 2.75) is 54.4 Å². The number of rotatable bonds is 4. The molecule has 0 saturated heterocycles. The highest BCUT2D eigenvalue weighted by Crippen LogP contribution is 2.32. The lowest BCUT2D eigenvalue weighted by Gasteiger charge is -2.16. The summed E-state index contributed by atoms with van der Waals surface area (Å²) < 4.78 is 2.27. The third-order valence-corrected chi connectivity index (χ3v) is 4.99. The predicted molar refractivity (Wildman–Crippen MR) is 106 cm³/mol. The minimum Gasteiger partial charge on any atom is -0.411 e. The van der Waals surface area contributed by atoms with Gasteiger partial charge in [-0.05, 0) is 71.1 Å². The van der Waals surface area contributed by atoms with Crippen molar-refractivity contribution < 1.29 is 5.21 Å². The minimum atomic E-state index is 0.647. The number of aromatic nitrogens is 3. The highest BCUT2D eigenvalue weighted by atomic mass is 16.4. The molecule has 0 atom stereocenters. The normalized spacial score (nSPS) is 11.8. The second-order valence-corrected chi connectivity index (χ2v) is 7.05. The third-order valence-electron chi connectivity index (χ3n) is 4.99. The Bertz CT molecular complexity index is 992. The van der Waals surface area contributed by atoms with Crippen molar-refractivity contribution in [1.82, 2.24) is 14.5 Å². The Kier molecular flexibility index (Phi) is 4.81. The Balaban J connectivity index is 2.33. The highest BCUT2D eigenvalue weighted by molar-refractivity contribution is 5.87. The van der Waals surface area contributed by atoms with Crippen LogP contribution in [0.15, 0.2) is 17.3 Å². The molecule has 2 heterocycles. The molecule has 0 spiro atoms. The average molecular weight is 350 g/mol. The molecule has 2 aromatic heterocycles. The van der Waals surface area contributed by atoms with Crippen LogP contribution < -0.4 is 0 Å². The summed E-state index contributed by atoms with van der Waals surface area (Å²) in [4.78, 5) is 9.47. The number of fused-ring (bicyclic) bond motifs is 1. The predicted octanol–water partition coefficient (Wildman–Crippen LogP) is 4.66. The number of oxime groups is 1. The molecule has 0 amide bonds. The molecule has 136 valence electrons. The van der Waals surface area contributed by atoms with Gasteiger partial charge < -0.3 is 5.21 Å². The molecule has 3 aromatic rings. The van der Waals surface area contributed by atoms with E-state index in [0.717, 1.165) is 29.0 Å². The molecule has 0 aliphatic carbocycles. The van der Waals surface area contributed by atoms with E-state index >= 15 is 0 Å². The second kappa shape index (κ2) is 6.90. The first-order chi connectivity index (χ1) is 12.3. The zero-order valence-electron chi connectivity index (χ0n) is 16.4. The monoisotopic (exact) mass is 350 g/mol. The Labute approximate surface area is 154 Å². The molecule has 0 bridgehead atoms. The van der Waals surface area contributed by atoms with E-state index in [9.17, 15) is 0 Å². The van der Waals surface area contributed by atoms with Crippen molar-refractivity contribution in [2.75, 3.05) is 0 Å². The van der Waals surface area contributed by atoms with Crippen LogP contribution in [0.4, 0.5) is 0 Å². The number of benzene rings is 1. The van der Waals surface area contributed by atoms with E-state index in [1.807, 2.05) is 6.92 Å². The van der Waals surface area contributed by atoms with Gasteiger partial charge in [-0.15, -0.1) is 5.16 Å². The van der Waals surface area contributed by atoms with E-state index in [-0.39, 0.29) is 0 Å². The maximum Gasteiger partial charge on any atom is 0.148 e. The van der Waals surface area contributed by atoms with Crippen LogP contribution in [0.3, 0.4) is 0 Å². The highest BCUT2D eigenvalue weighted by Gasteiger charge is 2.20. The summed E-state index contributed by atoms with van der Waals surface area (Å²) in [6.07, 6.45) is 2.88. The van der Waals surface area contributed by atoms with Gasteiger partial charge in [-0.25, -0.2) is 9.97 Å². The van der Waals surface area contributed by atoms with Gasteiger partial charge in [0.2, 0.25) is 0 Å². The third kappa shape index (κ3) is 2.98. The van der Waals surface area contributed by atoms with Gasteiger partial charge in [-0.3, -0.25) is 4.57 Å². The van der Waals surface area contributed by atoms with E-state index in [1.165, 1.54) is 39.8 Å². The van der Waals surface area contributed by atoms with Gasteiger partial charge in [0.25, 0.3) is 0 Å². The molecule has 0 fully saturated rings. The molecule has 3 rings (SSSR count). The van der Waals surface area contributed by atoms with E-state index < -0.39 is 0 Å².